The van der Waals surface area contributed by atoms with Crippen molar-refractivity contribution in [2.45, 2.75) is 64.5 Å². The van der Waals surface area contributed by atoms with Gasteiger partial charge < -0.3 is 14.8 Å². The van der Waals surface area contributed by atoms with Crippen LogP contribution < -0.4 is 5.32 Å². The van der Waals surface area contributed by atoms with Crippen molar-refractivity contribution in [1.29, 1.82) is 0 Å². The standard InChI is InChI=1S/C14H27NO3/c1-4-8-17-11-13(16)15-12-7-9-18-14(5-2,6-3)10-12/h12H,4-11H2,1-3H3,(H,15,16). The van der Waals surface area contributed by atoms with Gasteiger partial charge in [-0.25, -0.2) is 0 Å². The molecule has 106 valence electrons. The van der Waals surface area contributed by atoms with Crippen LogP contribution in [0.4, 0.5) is 0 Å². The number of carbonyl (C=O) groups is 1. The number of nitrogens with one attached hydrogen (secondary N) is 1. The van der Waals surface area contributed by atoms with Crippen molar-refractivity contribution >= 4 is 5.91 Å². The first-order valence-electron chi connectivity index (χ1n) is 7.16. The highest BCUT2D eigenvalue weighted by Crippen LogP contribution is 2.31. The molecule has 1 unspecified atom stereocenters. The molecular weight excluding hydrogens is 230 g/mol. The molecule has 0 spiro atoms. The molecule has 1 atom stereocenters. The van der Waals surface area contributed by atoms with Crippen LogP contribution >= 0.6 is 0 Å². The summed E-state index contributed by atoms with van der Waals surface area (Å²) in [6.07, 6.45) is 4.77. The second-order valence-corrected chi connectivity index (χ2v) is 5.05. The van der Waals surface area contributed by atoms with E-state index in [1.165, 1.54) is 0 Å². The molecule has 1 saturated heterocycles. The minimum atomic E-state index is -0.0412. The van der Waals surface area contributed by atoms with Gasteiger partial charge >= 0.3 is 0 Å². The Balaban J connectivity index is 2.35. The average molecular weight is 257 g/mol. The first-order valence-corrected chi connectivity index (χ1v) is 7.16. The number of amides is 1. The molecular formula is C14H27NO3. The van der Waals surface area contributed by atoms with E-state index in [-0.39, 0.29) is 24.2 Å². The molecule has 4 heteroatoms. The van der Waals surface area contributed by atoms with Crippen LogP contribution in [-0.4, -0.2) is 37.4 Å². The van der Waals surface area contributed by atoms with Gasteiger partial charge in [-0.3, -0.25) is 4.79 Å². The highest BCUT2D eigenvalue weighted by molar-refractivity contribution is 5.77. The SMILES string of the molecule is CCCOCC(=O)NC1CCOC(CC)(CC)C1. The molecule has 1 N–H and O–H groups in total. The van der Waals surface area contributed by atoms with Crippen LogP contribution in [0.5, 0.6) is 0 Å². The molecule has 0 bridgehead atoms. The Morgan fingerprint density at radius 2 is 2.11 bits per heavy atom. The van der Waals surface area contributed by atoms with Crippen molar-refractivity contribution < 1.29 is 14.3 Å². The minimum Gasteiger partial charge on any atom is -0.375 e. The highest BCUT2D eigenvalue weighted by atomic mass is 16.5. The predicted octanol–water partition coefficient (Wildman–Crippen LogP) is 2.27. The molecule has 0 saturated carbocycles. The van der Waals surface area contributed by atoms with Crippen molar-refractivity contribution in [1.82, 2.24) is 5.32 Å². The summed E-state index contributed by atoms with van der Waals surface area (Å²) in [4.78, 5) is 11.7. The van der Waals surface area contributed by atoms with Crippen LogP contribution in [0.15, 0.2) is 0 Å². The summed E-state index contributed by atoms with van der Waals surface area (Å²) in [5.41, 5.74) is -0.0412. The zero-order chi connectivity index (χ0) is 13.4. The topological polar surface area (TPSA) is 47.6 Å². The zero-order valence-electron chi connectivity index (χ0n) is 12.0. The van der Waals surface area contributed by atoms with Crippen LogP contribution in [0, 0.1) is 0 Å². The molecule has 18 heavy (non-hydrogen) atoms. The van der Waals surface area contributed by atoms with E-state index in [4.69, 9.17) is 9.47 Å². The molecule has 1 heterocycles. The van der Waals surface area contributed by atoms with Crippen molar-refractivity contribution in [3.05, 3.63) is 0 Å². The quantitative estimate of drug-likeness (QED) is 0.712. The Morgan fingerprint density at radius 3 is 2.72 bits per heavy atom. The summed E-state index contributed by atoms with van der Waals surface area (Å²) >= 11 is 0. The molecule has 0 aliphatic carbocycles. The first-order chi connectivity index (χ1) is 8.65. The van der Waals surface area contributed by atoms with E-state index in [2.05, 4.69) is 19.2 Å². The lowest BCUT2D eigenvalue weighted by atomic mass is 9.86. The predicted molar refractivity (Wildman–Crippen MR) is 71.5 cm³/mol. The van der Waals surface area contributed by atoms with E-state index in [9.17, 15) is 4.79 Å². The third-order valence-electron chi connectivity index (χ3n) is 3.73. The van der Waals surface area contributed by atoms with Gasteiger partial charge in [0.05, 0.1) is 5.60 Å². The van der Waals surface area contributed by atoms with E-state index in [1.807, 2.05) is 6.92 Å². The Bertz CT molecular complexity index is 251. The average Bonchev–Trinajstić information content (AvgIpc) is 2.39. The van der Waals surface area contributed by atoms with Gasteiger partial charge in [0, 0.05) is 19.3 Å². The van der Waals surface area contributed by atoms with Crippen molar-refractivity contribution in [3.8, 4) is 0 Å². The van der Waals surface area contributed by atoms with Gasteiger partial charge in [0.15, 0.2) is 0 Å². The summed E-state index contributed by atoms with van der Waals surface area (Å²) in [5.74, 6) is -0.00328. The smallest absolute Gasteiger partial charge is 0.246 e. The van der Waals surface area contributed by atoms with Crippen molar-refractivity contribution in [2.75, 3.05) is 19.8 Å². The van der Waals surface area contributed by atoms with Crippen molar-refractivity contribution in [2.24, 2.45) is 0 Å². The van der Waals surface area contributed by atoms with Gasteiger partial charge in [-0.1, -0.05) is 20.8 Å². The Hall–Kier alpha value is -0.610. The normalized spacial score (nSPS) is 22.7. The fourth-order valence-corrected chi connectivity index (χ4v) is 2.47. The van der Waals surface area contributed by atoms with Gasteiger partial charge in [0.1, 0.15) is 6.61 Å². The minimum absolute atomic E-state index is 0.00328. The number of hydrogen-bond acceptors (Lipinski definition) is 3. The van der Waals surface area contributed by atoms with Crippen molar-refractivity contribution in [3.63, 3.8) is 0 Å². The summed E-state index contributed by atoms with van der Waals surface area (Å²) < 4.78 is 11.1. The number of rotatable bonds is 7. The third-order valence-corrected chi connectivity index (χ3v) is 3.73. The van der Waals surface area contributed by atoms with E-state index < -0.39 is 0 Å². The lowest BCUT2D eigenvalue weighted by molar-refractivity contribution is -0.130. The lowest BCUT2D eigenvalue weighted by Crippen LogP contribution is -2.48. The Kier molecular flexibility index (Phi) is 6.65. The summed E-state index contributed by atoms with van der Waals surface area (Å²) in [6.45, 7) is 7.90. The third kappa shape index (κ3) is 4.58. The molecule has 1 aliphatic rings. The molecule has 0 aromatic carbocycles. The van der Waals surface area contributed by atoms with E-state index in [0.29, 0.717) is 6.61 Å². The second-order valence-electron chi connectivity index (χ2n) is 5.05. The molecule has 0 radical (unpaired) electrons. The first kappa shape index (κ1) is 15.4. The summed E-state index contributed by atoms with van der Waals surface area (Å²) in [7, 11) is 0. The van der Waals surface area contributed by atoms with Crippen LogP contribution in [0.1, 0.15) is 52.9 Å². The van der Waals surface area contributed by atoms with Gasteiger partial charge in [-0.2, -0.15) is 0 Å². The Labute approximate surface area is 110 Å². The monoisotopic (exact) mass is 257 g/mol. The maximum Gasteiger partial charge on any atom is 0.246 e. The maximum atomic E-state index is 11.7. The number of hydrogen-bond donors (Lipinski definition) is 1. The number of ether oxygens (including phenoxy) is 2. The fraction of sp³-hybridized carbons (Fsp3) is 0.929. The molecule has 0 aromatic heterocycles. The summed E-state index contributed by atoms with van der Waals surface area (Å²) in [5, 5.41) is 3.06. The molecule has 1 amide bonds. The molecule has 0 aromatic rings. The fourth-order valence-electron chi connectivity index (χ4n) is 2.47. The van der Waals surface area contributed by atoms with E-state index in [0.717, 1.165) is 38.7 Å². The second kappa shape index (κ2) is 7.74. The van der Waals surface area contributed by atoms with Gasteiger partial charge in [-0.05, 0) is 32.1 Å². The number of carbonyl (C=O) groups excluding carboxylic acids is 1. The molecule has 1 fully saturated rings. The van der Waals surface area contributed by atoms with E-state index in [1.54, 1.807) is 0 Å². The van der Waals surface area contributed by atoms with Gasteiger partial charge in [-0.15, -0.1) is 0 Å². The maximum absolute atomic E-state index is 11.7. The van der Waals surface area contributed by atoms with E-state index >= 15 is 0 Å². The Morgan fingerprint density at radius 1 is 1.39 bits per heavy atom. The van der Waals surface area contributed by atoms with Gasteiger partial charge in [0.25, 0.3) is 0 Å². The van der Waals surface area contributed by atoms with Crippen LogP contribution in [-0.2, 0) is 14.3 Å². The molecule has 1 aliphatic heterocycles. The lowest BCUT2D eigenvalue weighted by Gasteiger charge is -2.40. The highest BCUT2D eigenvalue weighted by Gasteiger charge is 2.34. The largest absolute Gasteiger partial charge is 0.375 e. The molecule has 4 nitrogen and oxygen atoms in total. The zero-order valence-corrected chi connectivity index (χ0v) is 12.0. The van der Waals surface area contributed by atoms with Crippen LogP contribution in [0.25, 0.3) is 0 Å². The van der Waals surface area contributed by atoms with Crippen LogP contribution in [0.3, 0.4) is 0 Å². The van der Waals surface area contributed by atoms with Crippen LogP contribution in [0.2, 0.25) is 0 Å². The molecule has 1 rings (SSSR count). The van der Waals surface area contributed by atoms with Gasteiger partial charge in [0.2, 0.25) is 5.91 Å². The summed E-state index contributed by atoms with van der Waals surface area (Å²) in [6, 6.07) is 0.233.